The van der Waals surface area contributed by atoms with Crippen LogP contribution in [0.15, 0.2) is 52.9 Å². The van der Waals surface area contributed by atoms with E-state index in [1.54, 1.807) is 13.8 Å². The Balaban J connectivity index is 1.68. The van der Waals surface area contributed by atoms with E-state index in [1.807, 2.05) is 48.5 Å². The number of carbonyl (C=O) groups excluding carboxylic acids is 1. The first-order chi connectivity index (χ1) is 15.7. The highest BCUT2D eigenvalue weighted by molar-refractivity contribution is 7.87. The van der Waals surface area contributed by atoms with Gasteiger partial charge in [0.1, 0.15) is 5.01 Å². The van der Waals surface area contributed by atoms with Gasteiger partial charge in [0.2, 0.25) is 17.7 Å². The van der Waals surface area contributed by atoms with Crippen LogP contribution in [-0.2, 0) is 21.5 Å². The highest BCUT2D eigenvalue weighted by atomic mass is 32.2. The molecule has 0 radical (unpaired) electrons. The zero-order chi connectivity index (χ0) is 23.6. The number of hydrogen-bond acceptors (Lipinski definition) is 8. The Morgan fingerprint density at radius 3 is 2.58 bits per heavy atom. The van der Waals surface area contributed by atoms with Crippen molar-refractivity contribution in [2.24, 2.45) is 11.1 Å². The summed E-state index contributed by atoms with van der Waals surface area (Å²) in [6.07, 6.45) is 0. The first-order valence-corrected chi connectivity index (χ1v) is 12.4. The third-order valence-corrected chi connectivity index (χ3v) is 6.35. The summed E-state index contributed by atoms with van der Waals surface area (Å²) in [7, 11) is -3.92. The first kappa shape index (κ1) is 23.0. The molecule has 0 aliphatic heterocycles. The van der Waals surface area contributed by atoms with E-state index in [-0.39, 0.29) is 30.2 Å². The minimum Gasteiger partial charge on any atom is -0.421 e. The maximum atomic E-state index is 12.5. The van der Waals surface area contributed by atoms with E-state index in [9.17, 15) is 13.2 Å². The van der Waals surface area contributed by atoms with Gasteiger partial charge in [-0.25, -0.2) is 10.1 Å². The number of carbonyl (C=O) groups is 1. The molecule has 0 fully saturated rings. The van der Waals surface area contributed by atoms with Crippen LogP contribution in [0, 0.1) is 5.92 Å². The molecule has 2 heterocycles. The van der Waals surface area contributed by atoms with E-state index in [4.69, 9.17) is 9.56 Å². The molecule has 1 atom stereocenters. The second-order valence-corrected chi connectivity index (χ2v) is 10.0. The van der Waals surface area contributed by atoms with E-state index < -0.39 is 16.3 Å². The maximum absolute atomic E-state index is 12.5. The van der Waals surface area contributed by atoms with Crippen LogP contribution in [0.5, 0.6) is 0 Å². The van der Waals surface area contributed by atoms with Crippen molar-refractivity contribution < 1.29 is 17.6 Å². The van der Waals surface area contributed by atoms with Gasteiger partial charge < -0.3 is 9.73 Å². The summed E-state index contributed by atoms with van der Waals surface area (Å²) in [5.41, 5.74) is 2.91. The van der Waals surface area contributed by atoms with E-state index in [2.05, 4.69) is 25.2 Å². The number of hydrogen-bond donors (Lipinski definition) is 3. The Morgan fingerprint density at radius 1 is 1.12 bits per heavy atom. The van der Waals surface area contributed by atoms with E-state index in [0.29, 0.717) is 5.01 Å². The average Bonchev–Trinajstić information content (AvgIpc) is 3.42. The Kier molecular flexibility index (Phi) is 6.51. The molecule has 4 rings (SSSR count). The summed E-state index contributed by atoms with van der Waals surface area (Å²) < 4.78 is 30.9. The molecule has 4 N–H and O–H groups in total. The van der Waals surface area contributed by atoms with Gasteiger partial charge in [-0.3, -0.25) is 4.79 Å². The fraction of sp³-hybridized carbons (Fsp3) is 0.238. The Morgan fingerprint density at radius 2 is 1.88 bits per heavy atom. The van der Waals surface area contributed by atoms with Gasteiger partial charge in [0.25, 0.3) is 10.2 Å². The Hall–Kier alpha value is -3.19. The third kappa shape index (κ3) is 5.60. The summed E-state index contributed by atoms with van der Waals surface area (Å²) in [5, 5.41) is 16.3. The fourth-order valence-corrected chi connectivity index (χ4v) is 4.41. The van der Waals surface area contributed by atoms with Crippen molar-refractivity contribution in [3.05, 3.63) is 65.3 Å². The van der Waals surface area contributed by atoms with Crippen molar-refractivity contribution in [2.75, 3.05) is 0 Å². The number of aromatic nitrogens is 3. The molecule has 1 unspecified atom stereocenters. The molecule has 1 amide bonds. The van der Waals surface area contributed by atoms with Crippen LogP contribution in [0.2, 0.25) is 0 Å². The number of rotatable bonds is 8. The second-order valence-electron chi connectivity index (χ2n) is 7.60. The van der Waals surface area contributed by atoms with Crippen molar-refractivity contribution in [3.63, 3.8) is 0 Å². The predicted octanol–water partition coefficient (Wildman–Crippen LogP) is 2.50. The van der Waals surface area contributed by atoms with E-state index in [0.717, 1.165) is 21.3 Å². The lowest BCUT2D eigenvalue weighted by atomic mass is 10.1. The standard InChI is InChI=1S/C21H22N6O4S2/c1-12(2)19(28)25-18(20-27-26-17(31-20)11-23-33(22,29)30)21-24-15-9-8-14(10-16(15)32-21)13-6-4-3-5-7-13/h3-10,12,18,23H,11H2,1-2H3,(H,25,28)(H2,22,29,30). The molecular formula is C21H22N6O4S2. The minimum atomic E-state index is -3.92. The molecular weight excluding hydrogens is 464 g/mol. The van der Waals surface area contributed by atoms with Gasteiger partial charge in [0.15, 0.2) is 6.04 Å². The topological polar surface area (TPSA) is 153 Å². The smallest absolute Gasteiger partial charge is 0.274 e. The highest BCUT2D eigenvalue weighted by Crippen LogP contribution is 2.33. The van der Waals surface area contributed by atoms with Crippen molar-refractivity contribution in [2.45, 2.75) is 26.4 Å². The van der Waals surface area contributed by atoms with Gasteiger partial charge in [0, 0.05) is 5.92 Å². The molecule has 10 nitrogen and oxygen atoms in total. The lowest BCUT2D eigenvalue weighted by Crippen LogP contribution is -2.32. The molecule has 2 aromatic heterocycles. The molecule has 2 aromatic carbocycles. The summed E-state index contributed by atoms with van der Waals surface area (Å²) in [5.74, 6) is -0.391. The molecule has 0 bridgehead atoms. The molecule has 0 saturated heterocycles. The van der Waals surface area contributed by atoms with Crippen molar-refractivity contribution >= 4 is 37.7 Å². The summed E-state index contributed by atoms with van der Waals surface area (Å²) >= 11 is 1.40. The lowest BCUT2D eigenvalue weighted by Gasteiger charge is -2.14. The van der Waals surface area contributed by atoms with Crippen LogP contribution in [-0.4, -0.2) is 29.5 Å². The first-order valence-electron chi connectivity index (χ1n) is 10.1. The van der Waals surface area contributed by atoms with Crippen molar-refractivity contribution in [1.82, 2.24) is 25.2 Å². The van der Waals surface area contributed by atoms with Crippen LogP contribution < -0.4 is 15.2 Å². The molecule has 0 aliphatic rings. The van der Waals surface area contributed by atoms with Gasteiger partial charge in [0.05, 0.1) is 16.8 Å². The van der Waals surface area contributed by atoms with Gasteiger partial charge >= 0.3 is 0 Å². The molecule has 0 spiro atoms. The zero-order valence-electron chi connectivity index (χ0n) is 17.8. The van der Waals surface area contributed by atoms with Crippen LogP contribution in [0.1, 0.15) is 36.7 Å². The van der Waals surface area contributed by atoms with Crippen LogP contribution in [0.4, 0.5) is 0 Å². The average molecular weight is 487 g/mol. The fourth-order valence-electron chi connectivity index (χ4n) is 3.03. The van der Waals surface area contributed by atoms with E-state index in [1.165, 1.54) is 11.3 Å². The number of nitrogens with zero attached hydrogens (tertiary/aromatic N) is 3. The van der Waals surface area contributed by atoms with Gasteiger partial charge in [-0.1, -0.05) is 50.2 Å². The summed E-state index contributed by atoms with van der Waals surface area (Å²) in [6.45, 7) is 3.27. The highest BCUT2D eigenvalue weighted by Gasteiger charge is 2.27. The van der Waals surface area contributed by atoms with Gasteiger partial charge in [-0.15, -0.1) is 21.5 Å². The van der Waals surface area contributed by atoms with E-state index >= 15 is 0 Å². The summed E-state index contributed by atoms with van der Waals surface area (Å²) in [4.78, 5) is 17.2. The van der Waals surface area contributed by atoms with Crippen LogP contribution >= 0.6 is 11.3 Å². The van der Waals surface area contributed by atoms with Crippen molar-refractivity contribution in [1.29, 1.82) is 0 Å². The number of benzene rings is 2. The quantitative estimate of drug-likeness (QED) is 0.346. The molecule has 172 valence electrons. The zero-order valence-corrected chi connectivity index (χ0v) is 19.5. The normalized spacial score (nSPS) is 12.8. The number of amides is 1. The Labute approximate surface area is 194 Å². The number of nitrogens with one attached hydrogen (secondary N) is 2. The minimum absolute atomic E-state index is 0.00953. The number of thiazole rings is 1. The molecule has 0 saturated carbocycles. The largest absolute Gasteiger partial charge is 0.421 e. The molecule has 33 heavy (non-hydrogen) atoms. The predicted molar refractivity (Wildman–Crippen MR) is 124 cm³/mol. The van der Waals surface area contributed by atoms with Gasteiger partial charge in [-0.2, -0.15) is 13.1 Å². The Bertz CT molecular complexity index is 1380. The second kappa shape index (κ2) is 9.35. The molecule has 4 aromatic rings. The SMILES string of the molecule is CC(C)C(=O)NC(c1nnc(CNS(N)(=O)=O)o1)c1nc2ccc(-c3ccccc3)cc2s1. The molecule has 12 heteroatoms. The third-order valence-electron chi connectivity index (χ3n) is 4.72. The number of nitrogens with two attached hydrogens (primary N) is 1. The maximum Gasteiger partial charge on any atom is 0.274 e. The lowest BCUT2D eigenvalue weighted by molar-refractivity contribution is -0.124. The summed E-state index contributed by atoms with van der Waals surface area (Å²) in [6, 6.07) is 15.2. The van der Waals surface area contributed by atoms with Crippen LogP contribution in [0.25, 0.3) is 21.3 Å². The number of fused-ring (bicyclic) bond motifs is 1. The van der Waals surface area contributed by atoms with Gasteiger partial charge in [-0.05, 0) is 23.3 Å². The van der Waals surface area contributed by atoms with Crippen molar-refractivity contribution in [3.8, 4) is 11.1 Å². The molecule has 0 aliphatic carbocycles. The monoisotopic (exact) mass is 486 g/mol. The van der Waals surface area contributed by atoms with Crippen LogP contribution in [0.3, 0.4) is 0 Å².